The Bertz CT molecular complexity index is 989. The van der Waals surface area contributed by atoms with Crippen LogP contribution in [0.15, 0.2) is 52.9 Å². The van der Waals surface area contributed by atoms with Crippen LogP contribution in [0.25, 0.3) is 11.0 Å². The lowest BCUT2D eigenvalue weighted by molar-refractivity contribution is 0.0600. The van der Waals surface area contributed by atoms with Gasteiger partial charge in [0.2, 0.25) is 0 Å². The van der Waals surface area contributed by atoms with Crippen molar-refractivity contribution < 1.29 is 23.5 Å². The smallest absolute Gasteiger partial charge is 0.337 e. The second-order valence-electron chi connectivity index (χ2n) is 5.53. The SMILES string of the molecule is COC(=O)c1ccc(C(=O)NNC(=O)c2oc3ccccc3c2C)cc1. The molecule has 0 aliphatic heterocycles. The highest BCUT2D eigenvalue weighted by molar-refractivity contribution is 6.01. The quantitative estimate of drug-likeness (QED) is 0.558. The minimum Gasteiger partial charge on any atom is -0.465 e. The number of methoxy groups -OCH3 is 1. The number of hydrogen-bond acceptors (Lipinski definition) is 5. The average molecular weight is 352 g/mol. The molecule has 7 nitrogen and oxygen atoms in total. The van der Waals surface area contributed by atoms with Crippen molar-refractivity contribution in [2.75, 3.05) is 7.11 Å². The van der Waals surface area contributed by atoms with E-state index in [2.05, 4.69) is 15.6 Å². The second kappa shape index (κ2) is 7.10. The number of hydrogen-bond donors (Lipinski definition) is 2. The van der Waals surface area contributed by atoms with Gasteiger partial charge in [-0.2, -0.15) is 0 Å². The van der Waals surface area contributed by atoms with Gasteiger partial charge < -0.3 is 9.15 Å². The number of esters is 1. The molecule has 2 aromatic carbocycles. The molecule has 2 amide bonds. The molecule has 3 aromatic rings. The van der Waals surface area contributed by atoms with Crippen LogP contribution in [0.2, 0.25) is 0 Å². The summed E-state index contributed by atoms with van der Waals surface area (Å²) in [5.74, 6) is -1.44. The van der Waals surface area contributed by atoms with Crippen LogP contribution in [0.1, 0.15) is 36.8 Å². The number of benzene rings is 2. The number of rotatable bonds is 3. The lowest BCUT2D eigenvalue weighted by Crippen LogP contribution is -2.41. The van der Waals surface area contributed by atoms with Crippen molar-refractivity contribution in [3.8, 4) is 0 Å². The van der Waals surface area contributed by atoms with Gasteiger partial charge in [0.05, 0.1) is 12.7 Å². The minimum atomic E-state index is -0.557. The van der Waals surface area contributed by atoms with Gasteiger partial charge in [-0.25, -0.2) is 4.79 Å². The second-order valence-corrected chi connectivity index (χ2v) is 5.53. The fraction of sp³-hybridized carbons (Fsp3) is 0.105. The number of furan rings is 1. The molecule has 0 atom stereocenters. The Balaban J connectivity index is 1.67. The van der Waals surface area contributed by atoms with Crippen molar-refractivity contribution >= 4 is 28.8 Å². The zero-order valence-electron chi connectivity index (χ0n) is 14.2. The summed E-state index contributed by atoms with van der Waals surface area (Å²) in [5.41, 5.74) is 6.53. The first-order valence-electron chi connectivity index (χ1n) is 7.78. The van der Waals surface area contributed by atoms with Gasteiger partial charge >= 0.3 is 11.9 Å². The molecule has 2 N–H and O–H groups in total. The van der Waals surface area contributed by atoms with Crippen LogP contribution in [0.4, 0.5) is 0 Å². The van der Waals surface area contributed by atoms with E-state index in [9.17, 15) is 14.4 Å². The Hall–Kier alpha value is -3.61. The monoisotopic (exact) mass is 352 g/mol. The highest BCUT2D eigenvalue weighted by Gasteiger charge is 2.18. The van der Waals surface area contributed by atoms with Crippen molar-refractivity contribution in [3.05, 3.63) is 71.0 Å². The van der Waals surface area contributed by atoms with Crippen molar-refractivity contribution in [3.63, 3.8) is 0 Å². The van der Waals surface area contributed by atoms with Crippen LogP contribution in [-0.2, 0) is 4.74 Å². The molecule has 26 heavy (non-hydrogen) atoms. The van der Waals surface area contributed by atoms with Gasteiger partial charge in [-0.15, -0.1) is 0 Å². The predicted molar refractivity (Wildman–Crippen MR) is 93.7 cm³/mol. The third-order valence-corrected chi connectivity index (χ3v) is 3.91. The van der Waals surface area contributed by atoms with E-state index in [1.165, 1.54) is 31.4 Å². The summed E-state index contributed by atoms with van der Waals surface area (Å²) in [4.78, 5) is 35.8. The lowest BCUT2D eigenvalue weighted by Gasteiger charge is -2.07. The number of fused-ring (bicyclic) bond motifs is 1. The van der Waals surface area contributed by atoms with E-state index in [0.717, 1.165) is 5.39 Å². The van der Waals surface area contributed by atoms with E-state index in [4.69, 9.17) is 4.42 Å². The maximum absolute atomic E-state index is 12.3. The van der Waals surface area contributed by atoms with Gasteiger partial charge in [-0.3, -0.25) is 20.4 Å². The summed E-state index contributed by atoms with van der Waals surface area (Å²) in [6.45, 7) is 1.77. The van der Waals surface area contributed by atoms with Crippen LogP contribution >= 0.6 is 0 Å². The summed E-state index contributed by atoms with van der Waals surface area (Å²) < 4.78 is 10.1. The summed E-state index contributed by atoms with van der Waals surface area (Å²) in [6.07, 6.45) is 0. The Morgan fingerprint density at radius 2 is 1.50 bits per heavy atom. The molecule has 0 fully saturated rings. The van der Waals surface area contributed by atoms with Crippen LogP contribution < -0.4 is 10.9 Å². The van der Waals surface area contributed by atoms with E-state index in [0.29, 0.717) is 16.7 Å². The molecule has 1 aromatic heterocycles. The van der Waals surface area contributed by atoms with Crippen molar-refractivity contribution in [2.45, 2.75) is 6.92 Å². The minimum absolute atomic E-state index is 0.132. The number of nitrogens with one attached hydrogen (secondary N) is 2. The number of ether oxygens (including phenoxy) is 1. The first kappa shape index (κ1) is 17.2. The number of hydrazine groups is 1. The lowest BCUT2D eigenvalue weighted by atomic mass is 10.1. The highest BCUT2D eigenvalue weighted by atomic mass is 16.5. The van der Waals surface area contributed by atoms with E-state index in [1.54, 1.807) is 13.0 Å². The van der Waals surface area contributed by atoms with E-state index in [1.807, 2.05) is 18.2 Å². The fourth-order valence-electron chi connectivity index (χ4n) is 2.51. The van der Waals surface area contributed by atoms with Crippen LogP contribution in [0, 0.1) is 6.92 Å². The Morgan fingerprint density at radius 1 is 0.885 bits per heavy atom. The maximum atomic E-state index is 12.3. The Labute approximate surface area is 148 Å². The molecule has 132 valence electrons. The van der Waals surface area contributed by atoms with Crippen LogP contribution in [-0.4, -0.2) is 24.9 Å². The number of amides is 2. The zero-order valence-corrected chi connectivity index (χ0v) is 14.2. The first-order chi connectivity index (χ1) is 12.5. The van der Waals surface area contributed by atoms with E-state index < -0.39 is 17.8 Å². The van der Waals surface area contributed by atoms with Gasteiger partial charge in [-0.1, -0.05) is 18.2 Å². The number of para-hydroxylation sites is 1. The molecule has 1 heterocycles. The topological polar surface area (TPSA) is 97.6 Å². The third-order valence-electron chi connectivity index (χ3n) is 3.91. The van der Waals surface area contributed by atoms with Gasteiger partial charge in [0.25, 0.3) is 5.91 Å². The summed E-state index contributed by atoms with van der Waals surface area (Å²) in [7, 11) is 1.28. The number of carbonyl (C=O) groups excluding carboxylic acids is 3. The molecule has 0 aliphatic carbocycles. The molecular formula is C19H16N2O5. The first-order valence-corrected chi connectivity index (χ1v) is 7.78. The number of carbonyl (C=O) groups is 3. The summed E-state index contributed by atoms with van der Waals surface area (Å²) in [6, 6.07) is 13.1. The fourth-order valence-corrected chi connectivity index (χ4v) is 2.51. The normalized spacial score (nSPS) is 10.4. The average Bonchev–Trinajstić information content (AvgIpc) is 3.02. The molecule has 3 rings (SSSR count). The molecule has 0 aliphatic rings. The van der Waals surface area contributed by atoms with Crippen molar-refractivity contribution in [1.29, 1.82) is 0 Å². The zero-order chi connectivity index (χ0) is 18.7. The van der Waals surface area contributed by atoms with E-state index >= 15 is 0 Å². The standard InChI is InChI=1S/C19H16N2O5/c1-11-14-5-3-4-6-15(14)26-16(11)18(23)21-20-17(22)12-7-9-13(10-8-12)19(24)25-2/h3-10H,1-2H3,(H,20,22)(H,21,23). The Kier molecular flexibility index (Phi) is 4.70. The van der Waals surface area contributed by atoms with Crippen LogP contribution in [0.5, 0.6) is 0 Å². The van der Waals surface area contributed by atoms with Crippen molar-refractivity contribution in [2.24, 2.45) is 0 Å². The van der Waals surface area contributed by atoms with Gasteiger partial charge in [0, 0.05) is 16.5 Å². The summed E-state index contributed by atoms with van der Waals surface area (Å²) in [5, 5.41) is 0.836. The molecule has 0 bridgehead atoms. The molecule has 0 radical (unpaired) electrons. The highest BCUT2D eigenvalue weighted by Crippen LogP contribution is 2.24. The summed E-state index contributed by atoms with van der Waals surface area (Å²) >= 11 is 0. The molecule has 7 heteroatoms. The van der Waals surface area contributed by atoms with Gasteiger partial charge in [0.1, 0.15) is 5.58 Å². The maximum Gasteiger partial charge on any atom is 0.337 e. The van der Waals surface area contributed by atoms with Crippen molar-refractivity contribution in [1.82, 2.24) is 10.9 Å². The molecule has 0 spiro atoms. The van der Waals surface area contributed by atoms with Gasteiger partial charge in [-0.05, 0) is 37.3 Å². The number of aryl methyl sites for hydroxylation is 1. The largest absolute Gasteiger partial charge is 0.465 e. The predicted octanol–water partition coefficient (Wildman–Crippen LogP) is 2.60. The van der Waals surface area contributed by atoms with Gasteiger partial charge in [0.15, 0.2) is 5.76 Å². The van der Waals surface area contributed by atoms with E-state index in [-0.39, 0.29) is 11.3 Å². The molecule has 0 saturated heterocycles. The molecular weight excluding hydrogens is 336 g/mol. The molecule has 0 saturated carbocycles. The Morgan fingerprint density at radius 3 is 2.15 bits per heavy atom. The third kappa shape index (κ3) is 3.27. The molecule has 0 unspecified atom stereocenters. The van der Waals surface area contributed by atoms with Crippen LogP contribution in [0.3, 0.4) is 0 Å².